The molecule has 1 saturated heterocycles. The molecule has 6 nitrogen and oxygen atoms in total. The van der Waals surface area contributed by atoms with E-state index in [-0.39, 0.29) is 11.3 Å². The van der Waals surface area contributed by atoms with Gasteiger partial charge in [0.05, 0.1) is 25.8 Å². The number of benzene rings is 3. The molecular formula is C27H25NO5. The minimum absolute atomic E-state index is 0.0255. The quantitative estimate of drug-likeness (QED) is 0.343. The third-order valence-corrected chi connectivity index (χ3v) is 5.70. The number of aryl methyl sites for hydroxylation is 2. The summed E-state index contributed by atoms with van der Waals surface area (Å²) in [6.07, 6.45) is 0. The Morgan fingerprint density at radius 1 is 0.848 bits per heavy atom. The number of amides is 1. The number of rotatable bonds is 5. The van der Waals surface area contributed by atoms with E-state index < -0.39 is 17.7 Å². The van der Waals surface area contributed by atoms with Crippen molar-refractivity contribution in [1.82, 2.24) is 0 Å². The van der Waals surface area contributed by atoms with Crippen LogP contribution in [0.5, 0.6) is 11.5 Å². The van der Waals surface area contributed by atoms with Crippen molar-refractivity contribution in [2.24, 2.45) is 0 Å². The first-order valence-corrected chi connectivity index (χ1v) is 10.5. The van der Waals surface area contributed by atoms with Crippen molar-refractivity contribution in [2.75, 3.05) is 19.1 Å². The van der Waals surface area contributed by atoms with Gasteiger partial charge in [-0.05, 0) is 60.9 Å². The Morgan fingerprint density at radius 2 is 1.48 bits per heavy atom. The van der Waals surface area contributed by atoms with Crippen LogP contribution in [-0.2, 0) is 9.59 Å². The minimum atomic E-state index is -0.777. The molecule has 3 aromatic rings. The number of ketones is 1. The molecule has 1 heterocycles. The molecule has 0 saturated carbocycles. The average Bonchev–Trinajstić information content (AvgIpc) is 3.08. The van der Waals surface area contributed by atoms with E-state index >= 15 is 0 Å². The third kappa shape index (κ3) is 3.96. The van der Waals surface area contributed by atoms with E-state index in [2.05, 4.69) is 0 Å². The number of anilines is 1. The lowest BCUT2D eigenvalue weighted by Crippen LogP contribution is -2.29. The predicted molar refractivity (Wildman–Crippen MR) is 127 cm³/mol. The normalized spacial score (nSPS) is 17.3. The van der Waals surface area contributed by atoms with Gasteiger partial charge in [0, 0.05) is 11.3 Å². The number of Topliss-reactive ketones (excluding diaryl/α,β-unsaturated/α-hetero) is 1. The summed E-state index contributed by atoms with van der Waals surface area (Å²) >= 11 is 0. The van der Waals surface area contributed by atoms with Gasteiger partial charge < -0.3 is 14.6 Å². The van der Waals surface area contributed by atoms with E-state index in [0.29, 0.717) is 22.7 Å². The van der Waals surface area contributed by atoms with Crippen LogP contribution in [0.1, 0.15) is 28.3 Å². The van der Waals surface area contributed by atoms with E-state index in [9.17, 15) is 14.7 Å². The van der Waals surface area contributed by atoms with Crippen LogP contribution in [0.4, 0.5) is 5.69 Å². The highest BCUT2D eigenvalue weighted by molar-refractivity contribution is 6.51. The van der Waals surface area contributed by atoms with Crippen molar-refractivity contribution in [3.63, 3.8) is 0 Å². The molecule has 0 aliphatic carbocycles. The van der Waals surface area contributed by atoms with Gasteiger partial charge in [0.1, 0.15) is 5.76 Å². The van der Waals surface area contributed by atoms with Gasteiger partial charge in [0.2, 0.25) is 0 Å². The van der Waals surface area contributed by atoms with Crippen LogP contribution in [0, 0.1) is 13.8 Å². The number of hydrogen-bond acceptors (Lipinski definition) is 5. The summed E-state index contributed by atoms with van der Waals surface area (Å²) in [5.41, 5.74) is 3.65. The van der Waals surface area contributed by atoms with Gasteiger partial charge in [-0.3, -0.25) is 14.5 Å². The number of carbonyl (C=O) groups excluding carboxylic acids is 2. The monoisotopic (exact) mass is 443 g/mol. The van der Waals surface area contributed by atoms with Crippen LogP contribution in [0.15, 0.2) is 72.3 Å². The van der Waals surface area contributed by atoms with Crippen LogP contribution in [0.3, 0.4) is 0 Å². The fourth-order valence-corrected chi connectivity index (χ4v) is 4.28. The fraction of sp³-hybridized carbons (Fsp3) is 0.185. The van der Waals surface area contributed by atoms with Crippen molar-refractivity contribution in [3.05, 3.63) is 94.6 Å². The summed E-state index contributed by atoms with van der Waals surface area (Å²) in [5.74, 6) is -0.799. The first-order chi connectivity index (χ1) is 15.8. The minimum Gasteiger partial charge on any atom is -0.507 e. The predicted octanol–water partition coefficient (Wildman–Crippen LogP) is 4.95. The highest BCUT2D eigenvalue weighted by Gasteiger charge is 2.47. The number of carbonyl (C=O) groups is 2. The first-order valence-electron chi connectivity index (χ1n) is 10.5. The van der Waals surface area contributed by atoms with Crippen molar-refractivity contribution in [2.45, 2.75) is 19.9 Å². The van der Waals surface area contributed by atoms with Crippen LogP contribution >= 0.6 is 0 Å². The van der Waals surface area contributed by atoms with Gasteiger partial charge in [-0.25, -0.2) is 0 Å². The summed E-state index contributed by atoms with van der Waals surface area (Å²) in [6.45, 7) is 3.88. The van der Waals surface area contributed by atoms with Gasteiger partial charge >= 0.3 is 0 Å². The van der Waals surface area contributed by atoms with Gasteiger partial charge in [-0.15, -0.1) is 0 Å². The Labute approximate surface area is 192 Å². The van der Waals surface area contributed by atoms with Gasteiger partial charge in [-0.1, -0.05) is 36.4 Å². The summed E-state index contributed by atoms with van der Waals surface area (Å²) in [4.78, 5) is 28.0. The molecular weight excluding hydrogens is 418 g/mol. The standard InChI is InChI=1S/C27H25NO5/c1-16-12-17(2)14-20(13-16)28-24(18-8-6-5-7-9-18)23(26(30)27(28)31)25(29)19-10-11-21(32-3)22(15-19)33-4/h5-15,24,29H,1-4H3/b25-23-. The van der Waals surface area contributed by atoms with E-state index in [1.54, 1.807) is 18.2 Å². The van der Waals surface area contributed by atoms with E-state index in [0.717, 1.165) is 16.7 Å². The smallest absolute Gasteiger partial charge is 0.300 e. The Kier molecular flexibility index (Phi) is 5.92. The molecule has 3 aromatic carbocycles. The van der Waals surface area contributed by atoms with Gasteiger partial charge in [0.25, 0.3) is 11.7 Å². The van der Waals surface area contributed by atoms with Gasteiger partial charge in [0.15, 0.2) is 11.5 Å². The van der Waals surface area contributed by atoms with Crippen molar-refractivity contribution in [3.8, 4) is 11.5 Å². The third-order valence-electron chi connectivity index (χ3n) is 5.70. The summed E-state index contributed by atoms with van der Waals surface area (Å²) in [5, 5.41) is 11.3. The van der Waals surface area contributed by atoms with E-state index in [1.165, 1.54) is 19.1 Å². The molecule has 1 aliphatic rings. The van der Waals surface area contributed by atoms with E-state index in [4.69, 9.17) is 9.47 Å². The maximum absolute atomic E-state index is 13.3. The highest BCUT2D eigenvalue weighted by Crippen LogP contribution is 2.43. The lowest BCUT2D eigenvalue weighted by atomic mass is 9.95. The molecule has 1 fully saturated rings. The molecule has 4 rings (SSSR count). The number of methoxy groups -OCH3 is 2. The number of nitrogens with zero attached hydrogens (tertiary/aromatic N) is 1. The Morgan fingerprint density at radius 3 is 2.09 bits per heavy atom. The molecule has 1 aliphatic heterocycles. The lowest BCUT2D eigenvalue weighted by molar-refractivity contribution is -0.132. The van der Waals surface area contributed by atoms with E-state index in [1.807, 2.05) is 62.4 Å². The number of hydrogen-bond donors (Lipinski definition) is 1. The highest BCUT2D eigenvalue weighted by atomic mass is 16.5. The van der Waals surface area contributed by atoms with Crippen molar-refractivity contribution in [1.29, 1.82) is 0 Å². The molecule has 33 heavy (non-hydrogen) atoms. The molecule has 168 valence electrons. The lowest BCUT2D eigenvalue weighted by Gasteiger charge is -2.26. The first kappa shape index (κ1) is 22.1. The number of aliphatic hydroxyl groups excluding tert-OH is 1. The second-order valence-corrected chi connectivity index (χ2v) is 8.00. The van der Waals surface area contributed by atoms with Crippen LogP contribution in [-0.4, -0.2) is 31.0 Å². The maximum atomic E-state index is 13.3. The largest absolute Gasteiger partial charge is 0.507 e. The topological polar surface area (TPSA) is 76.1 Å². The molecule has 1 amide bonds. The van der Waals surface area contributed by atoms with Gasteiger partial charge in [-0.2, -0.15) is 0 Å². The molecule has 1 N–H and O–H groups in total. The van der Waals surface area contributed by atoms with Crippen LogP contribution < -0.4 is 14.4 Å². The van der Waals surface area contributed by atoms with Crippen molar-refractivity contribution < 1.29 is 24.2 Å². The fourth-order valence-electron chi connectivity index (χ4n) is 4.28. The molecule has 0 spiro atoms. The zero-order chi connectivity index (χ0) is 23.7. The second kappa shape index (κ2) is 8.82. The molecule has 0 bridgehead atoms. The van der Waals surface area contributed by atoms with Crippen LogP contribution in [0.25, 0.3) is 5.76 Å². The molecule has 0 aromatic heterocycles. The van der Waals surface area contributed by atoms with Crippen LogP contribution in [0.2, 0.25) is 0 Å². The Bertz CT molecular complexity index is 1240. The Hall–Kier alpha value is -4.06. The Balaban J connectivity index is 1.95. The SMILES string of the molecule is COc1ccc(/C(O)=C2/C(=O)C(=O)N(c3cc(C)cc(C)c3)C2c2ccccc2)cc1OC. The summed E-state index contributed by atoms with van der Waals surface area (Å²) in [6, 6.07) is 19.0. The molecule has 1 atom stereocenters. The second-order valence-electron chi connectivity index (χ2n) is 8.00. The molecule has 6 heteroatoms. The number of aliphatic hydroxyl groups is 1. The summed E-state index contributed by atoms with van der Waals surface area (Å²) in [7, 11) is 3.01. The summed E-state index contributed by atoms with van der Waals surface area (Å²) < 4.78 is 10.6. The maximum Gasteiger partial charge on any atom is 0.300 e. The average molecular weight is 443 g/mol. The number of ether oxygens (including phenoxy) is 2. The zero-order valence-corrected chi connectivity index (χ0v) is 19.0. The van der Waals surface area contributed by atoms with Crippen molar-refractivity contribution >= 4 is 23.1 Å². The zero-order valence-electron chi connectivity index (χ0n) is 19.0. The molecule has 0 radical (unpaired) electrons. The molecule has 1 unspecified atom stereocenters.